The van der Waals surface area contributed by atoms with E-state index in [1.165, 1.54) is 5.56 Å². The fraction of sp³-hybridized carbons (Fsp3) is 0.417. The van der Waals surface area contributed by atoms with Crippen molar-refractivity contribution in [2.45, 2.75) is 72.6 Å². The van der Waals surface area contributed by atoms with Gasteiger partial charge < -0.3 is 19.9 Å². The van der Waals surface area contributed by atoms with Gasteiger partial charge in [-0.05, 0) is 92.0 Å². The van der Waals surface area contributed by atoms with Gasteiger partial charge in [0, 0.05) is 18.2 Å². The fourth-order valence-electron chi connectivity index (χ4n) is 4.67. The number of nitrogens with one attached hydrogen (secondary N) is 1. The van der Waals surface area contributed by atoms with Crippen molar-refractivity contribution in [2.75, 3.05) is 18.5 Å². The standard InChI is InChI=1S/C36H46N2O5/c1-5-36(6-2,35(40)41)26-33(39)37-31-14-9-12-29(25-31)16-19-30-13-10-15-34(38-30)43-23-8-7-11-28-17-20-32(21-18-28)42-24-22-27(3)4/h9-10,12-21,25,27H,5-8,11,22-24,26H2,1-4H3,(H,37,39)(H,40,41)/b19-16+. The topological polar surface area (TPSA) is 97.8 Å². The Bertz CT molecular complexity index is 1330. The Kier molecular flexibility index (Phi) is 13.3. The number of nitrogens with zero attached hydrogens (tertiary/aromatic N) is 1. The van der Waals surface area contributed by atoms with Crippen LogP contribution in [0.3, 0.4) is 0 Å². The number of amides is 1. The second-order valence-electron chi connectivity index (χ2n) is 11.4. The highest BCUT2D eigenvalue weighted by Crippen LogP contribution is 2.31. The first-order chi connectivity index (χ1) is 20.7. The number of carbonyl (C=O) groups is 2. The van der Waals surface area contributed by atoms with E-state index in [1.54, 1.807) is 19.9 Å². The third-order valence-electron chi connectivity index (χ3n) is 7.67. The minimum absolute atomic E-state index is 0.0622. The van der Waals surface area contributed by atoms with Gasteiger partial charge in [0.05, 0.1) is 24.3 Å². The number of hydrogen-bond donors (Lipinski definition) is 2. The molecule has 0 fully saturated rings. The number of benzene rings is 2. The predicted molar refractivity (Wildman–Crippen MR) is 173 cm³/mol. The molecule has 43 heavy (non-hydrogen) atoms. The van der Waals surface area contributed by atoms with E-state index in [9.17, 15) is 14.7 Å². The molecule has 2 N–H and O–H groups in total. The van der Waals surface area contributed by atoms with Crippen LogP contribution >= 0.6 is 0 Å². The van der Waals surface area contributed by atoms with Gasteiger partial charge in [0.1, 0.15) is 5.75 Å². The maximum atomic E-state index is 12.6. The fourth-order valence-corrected chi connectivity index (χ4v) is 4.67. The highest BCUT2D eigenvalue weighted by atomic mass is 16.5. The Morgan fingerprint density at radius 1 is 0.930 bits per heavy atom. The molecule has 0 saturated carbocycles. The summed E-state index contributed by atoms with van der Waals surface area (Å²) >= 11 is 0. The average molecular weight is 587 g/mol. The maximum Gasteiger partial charge on any atom is 0.310 e. The van der Waals surface area contributed by atoms with Gasteiger partial charge in [-0.1, -0.05) is 64.1 Å². The minimum atomic E-state index is -1.05. The van der Waals surface area contributed by atoms with E-state index in [2.05, 4.69) is 36.3 Å². The van der Waals surface area contributed by atoms with Gasteiger partial charge in [-0.25, -0.2) is 4.98 Å². The van der Waals surface area contributed by atoms with Crippen LogP contribution < -0.4 is 14.8 Å². The second kappa shape index (κ2) is 17.1. The molecule has 1 amide bonds. The molecular weight excluding hydrogens is 540 g/mol. The Labute approximate surface area is 256 Å². The lowest BCUT2D eigenvalue weighted by Gasteiger charge is -2.25. The summed E-state index contributed by atoms with van der Waals surface area (Å²) in [5.74, 6) is 0.907. The number of rotatable bonds is 18. The molecule has 0 aliphatic heterocycles. The molecule has 0 spiro atoms. The summed E-state index contributed by atoms with van der Waals surface area (Å²) in [6, 6.07) is 21.5. The first-order valence-corrected chi connectivity index (χ1v) is 15.4. The largest absolute Gasteiger partial charge is 0.494 e. The maximum absolute atomic E-state index is 12.6. The molecule has 1 aromatic heterocycles. The highest BCUT2D eigenvalue weighted by molar-refractivity contribution is 5.94. The number of aliphatic carboxylic acids is 1. The number of aromatic nitrogens is 1. The molecule has 0 aliphatic carbocycles. The smallest absolute Gasteiger partial charge is 0.310 e. The van der Waals surface area contributed by atoms with E-state index < -0.39 is 11.4 Å². The molecule has 3 rings (SSSR count). The third-order valence-corrected chi connectivity index (χ3v) is 7.67. The lowest BCUT2D eigenvalue weighted by atomic mass is 9.79. The molecule has 0 atom stereocenters. The van der Waals surface area contributed by atoms with Gasteiger partial charge in [0.25, 0.3) is 0 Å². The number of hydrogen-bond acceptors (Lipinski definition) is 5. The van der Waals surface area contributed by atoms with Crippen LogP contribution in [0.4, 0.5) is 5.69 Å². The van der Waals surface area contributed by atoms with Crippen LogP contribution in [0.1, 0.15) is 83.0 Å². The molecule has 0 radical (unpaired) electrons. The van der Waals surface area contributed by atoms with Crippen LogP contribution in [-0.4, -0.2) is 35.2 Å². The number of pyridine rings is 1. The summed E-state index contributed by atoms with van der Waals surface area (Å²) in [6.45, 7) is 9.35. The van der Waals surface area contributed by atoms with E-state index in [0.717, 1.165) is 49.3 Å². The zero-order chi connectivity index (χ0) is 31.1. The number of unbranched alkanes of at least 4 members (excludes halogenated alkanes) is 1. The molecule has 7 heteroatoms. The van der Waals surface area contributed by atoms with Crippen molar-refractivity contribution in [1.29, 1.82) is 0 Å². The molecule has 0 bridgehead atoms. The van der Waals surface area contributed by atoms with E-state index in [0.29, 0.717) is 36.9 Å². The summed E-state index contributed by atoms with van der Waals surface area (Å²) in [7, 11) is 0. The summed E-state index contributed by atoms with van der Waals surface area (Å²) in [5.41, 5.74) is 2.51. The Hall–Kier alpha value is -4.13. The second-order valence-corrected chi connectivity index (χ2v) is 11.4. The number of aryl methyl sites for hydroxylation is 1. The molecular formula is C36H46N2O5. The van der Waals surface area contributed by atoms with Gasteiger partial charge >= 0.3 is 5.97 Å². The van der Waals surface area contributed by atoms with Crippen molar-refractivity contribution < 1.29 is 24.2 Å². The summed E-state index contributed by atoms with van der Waals surface area (Å²) in [4.78, 5) is 29.0. The van der Waals surface area contributed by atoms with Crippen LogP contribution in [0.15, 0.2) is 66.7 Å². The lowest BCUT2D eigenvalue weighted by molar-refractivity contribution is -0.151. The number of carboxylic acids is 1. The minimum Gasteiger partial charge on any atom is -0.494 e. The molecule has 1 heterocycles. The first-order valence-electron chi connectivity index (χ1n) is 15.4. The van der Waals surface area contributed by atoms with Crippen LogP contribution in [0.25, 0.3) is 12.2 Å². The van der Waals surface area contributed by atoms with Crippen molar-refractivity contribution in [3.05, 3.63) is 83.6 Å². The number of carbonyl (C=O) groups excluding carboxylic acids is 1. The van der Waals surface area contributed by atoms with Gasteiger partial charge in [0.2, 0.25) is 11.8 Å². The quantitative estimate of drug-likeness (QED) is 0.146. The van der Waals surface area contributed by atoms with Crippen molar-refractivity contribution in [3.8, 4) is 11.6 Å². The predicted octanol–water partition coefficient (Wildman–Crippen LogP) is 8.30. The van der Waals surface area contributed by atoms with Crippen molar-refractivity contribution in [3.63, 3.8) is 0 Å². The van der Waals surface area contributed by atoms with Gasteiger partial charge in [-0.3, -0.25) is 9.59 Å². The van der Waals surface area contributed by atoms with E-state index in [-0.39, 0.29) is 12.3 Å². The third kappa shape index (κ3) is 11.2. The Morgan fingerprint density at radius 3 is 2.37 bits per heavy atom. The van der Waals surface area contributed by atoms with Gasteiger partial charge in [0.15, 0.2) is 0 Å². The van der Waals surface area contributed by atoms with E-state index >= 15 is 0 Å². The highest BCUT2D eigenvalue weighted by Gasteiger charge is 2.37. The number of carboxylic acid groups (broad SMARTS) is 1. The van der Waals surface area contributed by atoms with E-state index in [1.807, 2.05) is 60.7 Å². The Morgan fingerprint density at radius 2 is 1.67 bits per heavy atom. The normalized spacial score (nSPS) is 11.6. The van der Waals surface area contributed by atoms with Crippen LogP contribution in [0.2, 0.25) is 0 Å². The number of ether oxygens (including phenoxy) is 2. The zero-order valence-electron chi connectivity index (χ0n) is 26.0. The SMILES string of the molecule is CCC(CC)(CC(=O)Nc1cccc(/C=C/c2cccc(OCCCCc3ccc(OCCC(C)C)cc3)n2)c1)C(=O)O. The summed E-state index contributed by atoms with van der Waals surface area (Å²) in [6.07, 6.45) is 8.54. The lowest BCUT2D eigenvalue weighted by Crippen LogP contribution is -2.34. The first kappa shape index (κ1) is 33.4. The molecule has 3 aromatic rings. The van der Waals surface area contributed by atoms with Gasteiger partial charge in [-0.15, -0.1) is 0 Å². The molecule has 0 aliphatic rings. The van der Waals surface area contributed by atoms with Crippen molar-refractivity contribution in [2.24, 2.45) is 11.3 Å². The Balaban J connectivity index is 1.44. The van der Waals surface area contributed by atoms with Crippen LogP contribution in [-0.2, 0) is 16.0 Å². The van der Waals surface area contributed by atoms with Crippen molar-refractivity contribution in [1.82, 2.24) is 4.98 Å². The van der Waals surface area contributed by atoms with Crippen LogP contribution in [0.5, 0.6) is 11.6 Å². The van der Waals surface area contributed by atoms with E-state index in [4.69, 9.17) is 9.47 Å². The van der Waals surface area contributed by atoms with Crippen LogP contribution in [0, 0.1) is 11.3 Å². The number of anilines is 1. The summed E-state index contributed by atoms with van der Waals surface area (Å²) < 4.78 is 11.7. The molecule has 2 aromatic carbocycles. The monoisotopic (exact) mass is 586 g/mol. The molecule has 230 valence electrons. The average Bonchev–Trinajstić information content (AvgIpc) is 2.99. The zero-order valence-corrected chi connectivity index (χ0v) is 26.0. The van der Waals surface area contributed by atoms with Gasteiger partial charge in [-0.2, -0.15) is 0 Å². The molecule has 7 nitrogen and oxygen atoms in total. The molecule has 0 unspecified atom stereocenters. The van der Waals surface area contributed by atoms with Crippen molar-refractivity contribution >= 4 is 29.7 Å². The molecule has 0 saturated heterocycles. The summed E-state index contributed by atoms with van der Waals surface area (Å²) in [5, 5.41) is 12.5.